The van der Waals surface area contributed by atoms with Crippen molar-refractivity contribution in [2.24, 2.45) is 9.98 Å². The molecule has 0 saturated heterocycles. The Morgan fingerprint density at radius 1 is 1.31 bits per heavy atom. The number of nitrogens with one attached hydrogen (secondary N) is 2. The summed E-state index contributed by atoms with van der Waals surface area (Å²) in [5.41, 5.74) is 5.35. The van der Waals surface area contributed by atoms with Crippen molar-refractivity contribution in [2.75, 3.05) is 0 Å². The van der Waals surface area contributed by atoms with Crippen molar-refractivity contribution in [1.29, 1.82) is 0 Å². The highest BCUT2D eigenvalue weighted by Gasteiger charge is 2.43. The van der Waals surface area contributed by atoms with Crippen LogP contribution in [0.3, 0.4) is 0 Å². The van der Waals surface area contributed by atoms with E-state index in [1.807, 2.05) is 6.34 Å². The van der Waals surface area contributed by atoms with Crippen molar-refractivity contribution >= 4 is 19.1 Å². The lowest BCUT2D eigenvalue weighted by Gasteiger charge is -2.45. The fraction of sp³-hybridized carbons (Fsp3) is 0.700. The zero-order chi connectivity index (χ0) is 12.2. The summed E-state index contributed by atoms with van der Waals surface area (Å²) in [5.74, 6) is 0. The van der Waals surface area contributed by atoms with E-state index >= 15 is 0 Å². The van der Waals surface area contributed by atoms with Gasteiger partial charge in [-0.2, -0.15) is 15.4 Å². The van der Waals surface area contributed by atoms with E-state index in [4.69, 9.17) is 0 Å². The van der Waals surface area contributed by atoms with Gasteiger partial charge in [0.1, 0.15) is 6.34 Å². The zero-order valence-corrected chi connectivity index (χ0v) is 10.2. The minimum Gasteiger partial charge on any atom is -0.288 e. The SMILES string of the molecule is CC(C)[N+]1(C(C)C)C=NC=NC1NNC=O. The van der Waals surface area contributed by atoms with Gasteiger partial charge in [0.2, 0.25) is 6.41 Å². The van der Waals surface area contributed by atoms with Crippen molar-refractivity contribution in [3.05, 3.63) is 0 Å². The average molecular weight is 226 g/mol. The van der Waals surface area contributed by atoms with Gasteiger partial charge in [0, 0.05) is 0 Å². The molecule has 0 aliphatic carbocycles. The quantitative estimate of drug-likeness (QED) is 0.400. The van der Waals surface area contributed by atoms with E-state index in [9.17, 15) is 4.79 Å². The van der Waals surface area contributed by atoms with Crippen molar-refractivity contribution in [2.45, 2.75) is 46.1 Å². The van der Waals surface area contributed by atoms with Gasteiger partial charge in [0.15, 0.2) is 6.34 Å². The zero-order valence-electron chi connectivity index (χ0n) is 10.2. The predicted octanol–water partition coefficient (Wildman–Crippen LogP) is 0.224. The molecule has 1 amide bonds. The minimum atomic E-state index is -0.234. The van der Waals surface area contributed by atoms with Crippen molar-refractivity contribution in [1.82, 2.24) is 10.9 Å². The Morgan fingerprint density at radius 2 is 1.94 bits per heavy atom. The van der Waals surface area contributed by atoms with Crippen LogP contribution in [0.4, 0.5) is 0 Å². The number of carbonyl (C=O) groups is 1. The smallest absolute Gasteiger partial charge is 0.264 e. The van der Waals surface area contributed by atoms with Gasteiger partial charge in [-0.1, -0.05) is 0 Å². The summed E-state index contributed by atoms with van der Waals surface area (Å²) in [5, 5.41) is 0. The molecule has 16 heavy (non-hydrogen) atoms. The Labute approximate surface area is 96.0 Å². The first-order valence-corrected chi connectivity index (χ1v) is 5.44. The van der Waals surface area contributed by atoms with Crippen LogP contribution in [0.25, 0.3) is 0 Å². The molecule has 0 aromatic carbocycles. The monoisotopic (exact) mass is 226 g/mol. The molecule has 6 heteroatoms. The van der Waals surface area contributed by atoms with Gasteiger partial charge in [-0.05, 0) is 27.7 Å². The van der Waals surface area contributed by atoms with E-state index in [2.05, 4.69) is 48.5 Å². The molecule has 1 heterocycles. The van der Waals surface area contributed by atoms with E-state index in [-0.39, 0.29) is 6.29 Å². The van der Waals surface area contributed by atoms with Gasteiger partial charge in [-0.15, -0.1) is 0 Å². The maximum absolute atomic E-state index is 10.3. The molecule has 0 aromatic heterocycles. The highest BCUT2D eigenvalue weighted by molar-refractivity contribution is 5.69. The van der Waals surface area contributed by atoms with Crippen LogP contribution in [0.2, 0.25) is 0 Å². The summed E-state index contributed by atoms with van der Waals surface area (Å²) >= 11 is 0. The molecule has 1 rings (SSSR count). The molecular weight excluding hydrogens is 206 g/mol. The van der Waals surface area contributed by atoms with Crippen LogP contribution in [0.1, 0.15) is 27.7 Å². The maximum Gasteiger partial charge on any atom is 0.264 e. The third-order valence-electron chi connectivity index (χ3n) is 3.03. The van der Waals surface area contributed by atoms with Gasteiger partial charge < -0.3 is 0 Å². The maximum atomic E-state index is 10.3. The molecule has 1 unspecified atom stereocenters. The molecule has 1 aliphatic rings. The van der Waals surface area contributed by atoms with Crippen molar-refractivity contribution in [3.8, 4) is 0 Å². The van der Waals surface area contributed by atoms with Gasteiger partial charge in [-0.3, -0.25) is 10.2 Å². The Morgan fingerprint density at radius 3 is 2.44 bits per heavy atom. The Hall–Kier alpha value is -1.27. The Bertz CT molecular complexity index is 290. The van der Waals surface area contributed by atoms with Crippen LogP contribution >= 0.6 is 0 Å². The van der Waals surface area contributed by atoms with Crippen LogP contribution in [0.5, 0.6) is 0 Å². The standard InChI is InChI=1S/C10H19N5O/c1-8(2)15(9(3)4)6-11-5-12-10(15)14-13-7-16/h5-10,14H,1-4H3/p+1. The van der Waals surface area contributed by atoms with Gasteiger partial charge >= 0.3 is 0 Å². The van der Waals surface area contributed by atoms with E-state index in [0.29, 0.717) is 23.0 Å². The van der Waals surface area contributed by atoms with E-state index < -0.39 is 0 Å². The normalized spacial score (nSPS) is 22.8. The second-order valence-corrected chi connectivity index (χ2v) is 4.39. The number of quaternary nitrogens is 1. The lowest BCUT2D eigenvalue weighted by Crippen LogP contribution is -2.69. The molecule has 0 radical (unpaired) electrons. The summed E-state index contributed by atoms with van der Waals surface area (Å²) in [4.78, 5) is 18.7. The van der Waals surface area contributed by atoms with E-state index in [1.54, 1.807) is 0 Å². The molecule has 0 bridgehead atoms. The fourth-order valence-corrected chi connectivity index (χ4v) is 2.11. The van der Waals surface area contributed by atoms with Gasteiger partial charge in [0.05, 0.1) is 12.1 Å². The number of rotatable bonds is 5. The topological polar surface area (TPSA) is 65.8 Å². The average Bonchev–Trinajstić information content (AvgIpc) is 2.25. The number of hydrazine groups is 1. The third-order valence-corrected chi connectivity index (χ3v) is 3.03. The number of nitrogens with zero attached hydrogens (tertiary/aromatic N) is 3. The molecule has 2 N–H and O–H groups in total. The molecule has 0 aromatic rings. The lowest BCUT2D eigenvalue weighted by molar-refractivity contribution is -0.906. The van der Waals surface area contributed by atoms with Crippen LogP contribution in [0, 0.1) is 0 Å². The van der Waals surface area contributed by atoms with E-state index in [0.717, 1.165) is 0 Å². The minimum absolute atomic E-state index is 0.234. The highest BCUT2D eigenvalue weighted by Crippen LogP contribution is 2.23. The largest absolute Gasteiger partial charge is 0.288 e. The second-order valence-electron chi connectivity index (χ2n) is 4.39. The Balaban J connectivity index is 2.98. The number of aliphatic imine (C=N–C) groups is 2. The number of hydrogen-bond donors (Lipinski definition) is 2. The van der Waals surface area contributed by atoms with Crippen molar-refractivity contribution in [3.63, 3.8) is 0 Å². The lowest BCUT2D eigenvalue weighted by atomic mass is 10.1. The molecule has 0 fully saturated rings. The number of carbonyl (C=O) groups excluding carboxylic acids is 1. The van der Waals surface area contributed by atoms with Crippen molar-refractivity contribution < 1.29 is 9.28 Å². The van der Waals surface area contributed by atoms with Gasteiger partial charge in [0.25, 0.3) is 6.29 Å². The van der Waals surface area contributed by atoms with Crippen LogP contribution in [-0.4, -0.2) is 41.9 Å². The second kappa shape index (κ2) is 5.18. The molecule has 0 saturated carbocycles. The first-order chi connectivity index (χ1) is 7.55. The summed E-state index contributed by atoms with van der Waals surface area (Å²) in [6.07, 6.45) is 3.76. The highest BCUT2D eigenvalue weighted by atomic mass is 16.1. The van der Waals surface area contributed by atoms with Crippen LogP contribution in [0.15, 0.2) is 9.98 Å². The van der Waals surface area contributed by atoms with Gasteiger partial charge in [-0.25, -0.2) is 4.48 Å². The first kappa shape index (κ1) is 12.8. The van der Waals surface area contributed by atoms with Crippen LogP contribution in [-0.2, 0) is 4.79 Å². The summed E-state index contributed by atoms with van der Waals surface area (Å²) in [7, 11) is 0. The first-order valence-electron chi connectivity index (χ1n) is 5.44. The summed E-state index contributed by atoms with van der Waals surface area (Å²) in [6, 6.07) is 0.624. The number of hydrogen-bond acceptors (Lipinski definition) is 4. The third kappa shape index (κ3) is 2.12. The fourth-order valence-electron chi connectivity index (χ4n) is 2.11. The molecule has 0 spiro atoms. The summed E-state index contributed by atoms with van der Waals surface area (Å²) < 4.78 is 0.567. The molecule has 6 nitrogen and oxygen atoms in total. The Kier molecular flexibility index (Phi) is 4.14. The molecule has 1 aliphatic heterocycles. The molecular formula is C10H20N5O+. The predicted molar refractivity (Wildman–Crippen MR) is 63.6 cm³/mol. The molecule has 90 valence electrons. The van der Waals surface area contributed by atoms with Crippen LogP contribution < -0.4 is 10.9 Å². The molecule has 1 atom stereocenters. The number of amides is 1. The summed E-state index contributed by atoms with van der Waals surface area (Å²) in [6.45, 7) is 8.45. The van der Waals surface area contributed by atoms with E-state index in [1.165, 1.54) is 6.34 Å².